The Morgan fingerprint density at radius 3 is 2.05 bits per heavy atom. The smallest absolute Gasteiger partial charge is 0.341 e. The van der Waals surface area contributed by atoms with Crippen LogP contribution in [0.2, 0.25) is 5.15 Å². The van der Waals surface area contributed by atoms with Gasteiger partial charge in [0.1, 0.15) is 22.1 Å². The standard InChI is InChI=1S/C13H15N3O4S.C8H15NO3.C6H5ClN2OS/c1-13(2,3)20-16-9-7(6-14-12(15-9)21-4)5-8(10(16)17)11(18)19;1-6(10)5-7(11)9-12-8(2,3)4;1-11-6-8-2-4(3-10)5(7)9-6/h5-6H,1-4H3,(H,18,19);5H2,1-4H3,(H,9,11);2-3H,1H3. The predicted molar refractivity (Wildman–Crippen MR) is 167 cm³/mol. The summed E-state index contributed by atoms with van der Waals surface area (Å²) in [6, 6.07) is 1.26. The maximum Gasteiger partial charge on any atom is 0.341 e. The lowest BCUT2D eigenvalue weighted by Gasteiger charge is -2.22. The number of ketones is 1. The minimum Gasteiger partial charge on any atom is -0.477 e. The molecule has 0 unspecified atom stereocenters. The van der Waals surface area contributed by atoms with Crippen molar-refractivity contribution in [1.29, 1.82) is 0 Å². The lowest BCUT2D eigenvalue weighted by Crippen LogP contribution is -2.40. The van der Waals surface area contributed by atoms with Crippen molar-refractivity contribution in [1.82, 2.24) is 30.1 Å². The third-order valence-corrected chi connectivity index (χ3v) is 5.82. The van der Waals surface area contributed by atoms with Gasteiger partial charge >= 0.3 is 5.97 Å². The highest BCUT2D eigenvalue weighted by atomic mass is 35.5. The molecule has 1 amide bonds. The third kappa shape index (κ3) is 13.4. The van der Waals surface area contributed by atoms with Crippen molar-refractivity contribution in [2.24, 2.45) is 0 Å². The summed E-state index contributed by atoms with van der Waals surface area (Å²) in [5, 5.41) is 10.8. The number of carboxylic acids is 1. The number of aromatic carboxylic acids is 1. The van der Waals surface area contributed by atoms with E-state index in [9.17, 15) is 24.0 Å². The molecule has 14 nitrogen and oxygen atoms in total. The van der Waals surface area contributed by atoms with E-state index in [-0.39, 0.29) is 28.6 Å². The topological polar surface area (TPSA) is 193 Å². The summed E-state index contributed by atoms with van der Waals surface area (Å²) in [5.41, 5.74) is 0.525. The molecule has 44 heavy (non-hydrogen) atoms. The number of halogens is 1. The average Bonchev–Trinajstić information content (AvgIpc) is 2.92. The molecular weight excluding hydrogens is 636 g/mol. The van der Waals surface area contributed by atoms with Gasteiger partial charge in [0, 0.05) is 17.8 Å². The van der Waals surface area contributed by atoms with Crippen LogP contribution in [0.4, 0.5) is 0 Å². The predicted octanol–water partition coefficient (Wildman–Crippen LogP) is 3.91. The molecule has 2 N–H and O–H groups in total. The Morgan fingerprint density at radius 1 is 1.02 bits per heavy atom. The number of amides is 1. The van der Waals surface area contributed by atoms with E-state index in [0.29, 0.717) is 27.5 Å². The number of hydrogen-bond donors (Lipinski definition) is 2. The quantitative estimate of drug-likeness (QED) is 0.0874. The molecule has 0 aliphatic rings. The number of carbonyl (C=O) groups is 4. The Kier molecular flexibility index (Phi) is 14.9. The molecular formula is C27H35ClN6O8S2. The number of nitrogens with zero attached hydrogens (tertiary/aromatic N) is 5. The Balaban J connectivity index is 0.000000359. The maximum absolute atomic E-state index is 12.3. The number of rotatable bonds is 8. The Hall–Kier alpha value is -3.60. The summed E-state index contributed by atoms with van der Waals surface area (Å²) in [6.07, 6.45) is 7.03. The molecule has 17 heteroatoms. The molecule has 3 rings (SSSR count). The van der Waals surface area contributed by atoms with Gasteiger partial charge in [-0.1, -0.05) is 35.1 Å². The van der Waals surface area contributed by atoms with E-state index in [4.69, 9.17) is 26.4 Å². The van der Waals surface area contributed by atoms with Crippen LogP contribution in [0.3, 0.4) is 0 Å². The first-order valence-electron chi connectivity index (χ1n) is 12.7. The number of pyridine rings is 1. The number of carbonyl (C=O) groups excluding carboxylic acids is 3. The van der Waals surface area contributed by atoms with E-state index < -0.39 is 28.6 Å². The average molecular weight is 671 g/mol. The second-order valence-corrected chi connectivity index (χ2v) is 12.5. The van der Waals surface area contributed by atoms with Gasteiger partial charge in [-0.2, -0.15) is 0 Å². The Bertz CT molecular complexity index is 1550. The number of Topliss-reactive ketones (excluding diaryl/α,β-unsaturated/α-hetero) is 1. The molecule has 3 aromatic heterocycles. The molecule has 240 valence electrons. The number of aromatic nitrogens is 5. The first-order valence-corrected chi connectivity index (χ1v) is 15.5. The highest BCUT2D eigenvalue weighted by Gasteiger charge is 2.21. The summed E-state index contributed by atoms with van der Waals surface area (Å²) in [5.74, 6) is -1.90. The van der Waals surface area contributed by atoms with Gasteiger partial charge in [-0.05, 0) is 67.0 Å². The number of hydroxylamine groups is 1. The first-order chi connectivity index (χ1) is 20.3. The molecule has 0 fully saturated rings. The second-order valence-electron chi connectivity index (χ2n) is 10.6. The van der Waals surface area contributed by atoms with E-state index in [0.717, 1.165) is 4.73 Å². The molecule has 0 aliphatic heterocycles. The molecule has 0 aromatic carbocycles. The van der Waals surface area contributed by atoms with Gasteiger partial charge in [-0.15, -0.1) is 4.73 Å². The Morgan fingerprint density at radius 2 is 1.59 bits per heavy atom. The van der Waals surface area contributed by atoms with Gasteiger partial charge in [0.25, 0.3) is 11.5 Å². The van der Waals surface area contributed by atoms with Crippen molar-refractivity contribution in [3.63, 3.8) is 0 Å². The molecule has 0 saturated carbocycles. The van der Waals surface area contributed by atoms with Gasteiger partial charge in [-0.3, -0.25) is 24.0 Å². The fraction of sp³-hybridized carbons (Fsp3) is 0.444. The first kappa shape index (κ1) is 38.4. The number of fused-ring (bicyclic) bond motifs is 1. The third-order valence-electron chi connectivity index (χ3n) is 4.40. The molecule has 0 saturated heterocycles. The van der Waals surface area contributed by atoms with E-state index in [1.807, 2.05) is 6.26 Å². The van der Waals surface area contributed by atoms with Crippen molar-refractivity contribution in [3.05, 3.63) is 45.1 Å². The number of hydrogen-bond acceptors (Lipinski definition) is 13. The number of nitrogens with one attached hydrogen (secondary N) is 1. The van der Waals surface area contributed by atoms with Crippen molar-refractivity contribution in [3.8, 4) is 0 Å². The maximum atomic E-state index is 12.3. The zero-order valence-corrected chi connectivity index (χ0v) is 28.1. The molecule has 3 aromatic rings. The highest BCUT2D eigenvalue weighted by Crippen LogP contribution is 2.17. The molecule has 0 spiro atoms. The van der Waals surface area contributed by atoms with Crippen LogP contribution in [0.5, 0.6) is 0 Å². The van der Waals surface area contributed by atoms with Crippen LogP contribution in [0.15, 0.2) is 33.6 Å². The number of carboxylic acid groups (broad SMARTS) is 1. The molecule has 0 radical (unpaired) electrons. The van der Waals surface area contributed by atoms with Gasteiger partial charge in [0.2, 0.25) is 0 Å². The summed E-state index contributed by atoms with van der Waals surface area (Å²) in [6.45, 7) is 12.1. The fourth-order valence-electron chi connectivity index (χ4n) is 2.67. The van der Waals surface area contributed by atoms with Gasteiger partial charge in [-0.25, -0.2) is 30.2 Å². The zero-order valence-electron chi connectivity index (χ0n) is 25.8. The van der Waals surface area contributed by atoms with E-state index >= 15 is 0 Å². The van der Waals surface area contributed by atoms with Gasteiger partial charge in [0.15, 0.2) is 22.2 Å². The summed E-state index contributed by atoms with van der Waals surface area (Å²) in [4.78, 5) is 81.6. The summed E-state index contributed by atoms with van der Waals surface area (Å²) >= 11 is 8.31. The van der Waals surface area contributed by atoms with E-state index in [1.54, 1.807) is 47.8 Å². The molecule has 0 bridgehead atoms. The zero-order chi connectivity index (χ0) is 33.8. The van der Waals surface area contributed by atoms with Crippen molar-refractivity contribution >= 4 is 70.1 Å². The van der Waals surface area contributed by atoms with Crippen LogP contribution >= 0.6 is 35.1 Å². The largest absolute Gasteiger partial charge is 0.477 e. The Labute approximate surface area is 267 Å². The van der Waals surface area contributed by atoms with Crippen LogP contribution in [0.25, 0.3) is 11.0 Å². The normalized spacial score (nSPS) is 11.0. The fourth-order valence-corrected chi connectivity index (χ4v) is 3.57. The van der Waals surface area contributed by atoms with Crippen LogP contribution in [-0.4, -0.2) is 77.4 Å². The van der Waals surface area contributed by atoms with Crippen LogP contribution < -0.4 is 15.9 Å². The minimum atomic E-state index is -1.32. The van der Waals surface area contributed by atoms with Crippen LogP contribution in [-0.2, 0) is 14.4 Å². The molecule has 0 aliphatic carbocycles. The summed E-state index contributed by atoms with van der Waals surface area (Å²) in [7, 11) is 0. The van der Waals surface area contributed by atoms with Crippen LogP contribution in [0, 0.1) is 0 Å². The van der Waals surface area contributed by atoms with Gasteiger partial charge in [0.05, 0.1) is 17.6 Å². The van der Waals surface area contributed by atoms with Crippen molar-refractivity contribution in [2.45, 2.75) is 76.4 Å². The van der Waals surface area contributed by atoms with E-state index in [2.05, 4.69) is 25.4 Å². The van der Waals surface area contributed by atoms with Crippen molar-refractivity contribution < 1.29 is 34.0 Å². The lowest BCUT2D eigenvalue weighted by molar-refractivity contribution is -0.147. The minimum absolute atomic E-state index is 0.129. The van der Waals surface area contributed by atoms with Crippen LogP contribution in [0.1, 0.15) is 75.6 Å². The molecule has 0 atom stereocenters. The van der Waals surface area contributed by atoms with E-state index in [1.165, 1.54) is 48.9 Å². The molecule has 3 heterocycles. The second kappa shape index (κ2) is 17.0. The number of aldehydes is 1. The highest BCUT2D eigenvalue weighted by molar-refractivity contribution is 7.98. The monoisotopic (exact) mass is 670 g/mol. The van der Waals surface area contributed by atoms with Crippen molar-refractivity contribution in [2.75, 3.05) is 12.5 Å². The SMILES string of the molecule is CC(=O)CC(=O)NOC(C)(C)C.CSc1ncc(C=O)c(Cl)n1.CSc1ncc2cc(C(=O)O)c(=O)n(OC(C)(C)C)c2n1. The number of thioether (sulfide) groups is 2. The lowest BCUT2D eigenvalue weighted by atomic mass is 10.2. The van der Waals surface area contributed by atoms with Gasteiger partial charge < -0.3 is 9.94 Å². The summed E-state index contributed by atoms with van der Waals surface area (Å²) < 4.78 is 0.931.